The molecule has 1 N–H and O–H groups in total. The molecule has 1 fully saturated rings. The van der Waals surface area contributed by atoms with Gasteiger partial charge < -0.3 is 10.1 Å². The maximum atomic E-state index is 12.3. The minimum Gasteiger partial charge on any atom is -0.484 e. The minimum absolute atomic E-state index is 0.0558. The van der Waals surface area contributed by atoms with E-state index in [1.54, 1.807) is 11.3 Å². The summed E-state index contributed by atoms with van der Waals surface area (Å²) in [7, 11) is 0. The fourth-order valence-electron chi connectivity index (χ4n) is 3.34. The summed E-state index contributed by atoms with van der Waals surface area (Å²) in [5.74, 6) is 0.662. The number of nitrogens with one attached hydrogen (secondary N) is 1. The molecule has 0 aliphatic carbocycles. The fraction of sp³-hybridized carbons (Fsp3) is 0.476. The third-order valence-electron chi connectivity index (χ3n) is 4.84. The van der Waals surface area contributed by atoms with Crippen molar-refractivity contribution in [3.8, 4) is 5.75 Å². The molecule has 26 heavy (non-hydrogen) atoms. The van der Waals surface area contributed by atoms with E-state index in [0.29, 0.717) is 6.54 Å². The number of hydrogen-bond acceptors (Lipinski definition) is 4. The third-order valence-corrected chi connectivity index (χ3v) is 5.81. The van der Waals surface area contributed by atoms with Gasteiger partial charge in [-0.3, -0.25) is 9.69 Å². The quantitative estimate of drug-likeness (QED) is 0.793. The van der Waals surface area contributed by atoms with E-state index < -0.39 is 0 Å². The lowest BCUT2D eigenvalue weighted by atomic mass is 10.2. The van der Waals surface area contributed by atoms with Gasteiger partial charge in [0.15, 0.2) is 6.61 Å². The Morgan fingerprint density at radius 3 is 2.54 bits per heavy atom. The van der Waals surface area contributed by atoms with Crippen LogP contribution in [0.4, 0.5) is 0 Å². The van der Waals surface area contributed by atoms with Crippen LogP contribution in [0.1, 0.15) is 42.2 Å². The van der Waals surface area contributed by atoms with E-state index in [9.17, 15) is 4.79 Å². The Bertz CT molecular complexity index is 662. The van der Waals surface area contributed by atoms with Gasteiger partial charge in [-0.1, -0.05) is 36.6 Å². The summed E-state index contributed by atoms with van der Waals surface area (Å²) in [6, 6.07) is 12.3. The molecule has 0 spiro atoms. The second-order valence-corrected chi connectivity index (χ2v) is 7.87. The van der Waals surface area contributed by atoms with Crippen molar-refractivity contribution in [2.24, 2.45) is 0 Å². The number of carbonyl (C=O) groups is 1. The van der Waals surface area contributed by atoms with Gasteiger partial charge in [0.1, 0.15) is 5.75 Å². The largest absolute Gasteiger partial charge is 0.484 e. The van der Waals surface area contributed by atoms with E-state index in [-0.39, 0.29) is 18.6 Å². The molecular formula is C21H28N2O2S. The van der Waals surface area contributed by atoms with Crippen molar-refractivity contribution in [1.82, 2.24) is 10.2 Å². The van der Waals surface area contributed by atoms with Crippen molar-refractivity contribution in [1.29, 1.82) is 0 Å². The van der Waals surface area contributed by atoms with Crippen LogP contribution in [0.25, 0.3) is 0 Å². The van der Waals surface area contributed by atoms with Crippen LogP contribution in [0.2, 0.25) is 0 Å². The molecule has 140 valence electrons. The fourth-order valence-corrected chi connectivity index (χ4v) is 4.20. The lowest BCUT2D eigenvalue weighted by Crippen LogP contribution is -2.39. The first-order valence-corrected chi connectivity index (χ1v) is 10.3. The van der Waals surface area contributed by atoms with Crippen molar-refractivity contribution >= 4 is 17.2 Å². The van der Waals surface area contributed by atoms with Gasteiger partial charge in [0.25, 0.3) is 5.91 Å². The van der Waals surface area contributed by atoms with Crippen LogP contribution in [-0.2, 0) is 4.79 Å². The molecule has 2 heterocycles. The maximum Gasteiger partial charge on any atom is 0.258 e. The van der Waals surface area contributed by atoms with Crippen LogP contribution in [-0.4, -0.2) is 37.0 Å². The van der Waals surface area contributed by atoms with Crippen LogP contribution >= 0.6 is 11.3 Å². The first-order chi connectivity index (χ1) is 12.7. The molecule has 1 atom stereocenters. The highest BCUT2D eigenvalue weighted by Gasteiger charge is 2.23. The number of likely N-dealkylation sites (tertiary alicyclic amines) is 1. The number of rotatable bonds is 7. The number of thiophene rings is 1. The van der Waals surface area contributed by atoms with Crippen LogP contribution in [0, 0.1) is 6.92 Å². The standard InChI is InChI=1S/C21H28N2O2S/c1-17-8-10-18(11-9-17)25-16-21(24)22-15-19(20-7-6-14-26-20)23-12-4-2-3-5-13-23/h6-11,14,19H,2-5,12-13,15-16H2,1H3,(H,22,24). The topological polar surface area (TPSA) is 41.6 Å². The van der Waals surface area contributed by atoms with Gasteiger partial charge in [-0.15, -0.1) is 11.3 Å². The Morgan fingerprint density at radius 2 is 1.88 bits per heavy atom. The van der Waals surface area contributed by atoms with Crippen molar-refractivity contribution in [2.45, 2.75) is 38.6 Å². The van der Waals surface area contributed by atoms with E-state index in [0.717, 1.165) is 18.8 Å². The predicted octanol–water partition coefficient (Wildman–Crippen LogP) is 4.17. The van der Waals surface area contributed by atoms with Crippen molar-refractivity contribution in [3.05, 3.63) is 52.2 Å². The molecule has 0 radical (unpaired) electrons. The van der Waals surface area contributed by atoms with Crippen LogP contribution in [0.5, 0.6) is 5.75 Å². The van der Waals surface area contributed by atoms with Crippen molar-refractivity contribution in [2.75, 3.05) is 26.2 Å². The van der Waals surface area contributed by atoms with E-state index in [4.69, 9.17) is 4.74 Å². The number of nitrogens with zero attached hydrogens (tertiary/aromatic N) is 1. The molecule has 2 aromatic rings. The number of carbonyl (C=O) groups excluding carboxylic acids is 1. The summed E-state index contributed by atoms with van der Waals surface area (Å²) in [4.78, 5) is 16.1. The molecule has 3 rings (SSSR count). The van der Waals surface area contributed by atoms with Gasteiger partial charge >= 0.3 is 0 Å². The summed E-state index contributed by atoms with van der Waals surface area (Å²) in [5, 5.41) is 5.19. The average Bonchev–Trinajstić information content (AvgIpc) is 3.04. The van der Waals surface area contributed by atoms with Crippen LogP contribution in [0.15, 0.2) is 41.8 Å². The first kappa shape index (κ1) is 18.9. The zero-order valence-corrected chi connectivity index (χ0v) is 16.3. The van der Waals surface area contributed by atoms with E-state index in [2.05, 4.69) is 27.7 Å². The average molecular weight is 373 g/mol. The van der Waals surface area contributed by atoms with Crippen molar-refractivity contribution in [3.63, 3.8) is 0 Å². The number of hydrogen-bond donors (Lipinski definition) is 1. The molecule has 0 bridgehead atoms. The highest BCUT2D eigenvalue weighted by Crippen LogP contribution is 2.27. The molecule has 1 aliphatic heterocycles. The van der Waals surface area contributed by atoms with Gasteiger partial charge in [-0.05, 0) is 56.4 Å². The lowest BCUT2D eigenvalue weighted by molar-refractivity contribution is -0.123. The Morgan fingerprint density at radius 1 is 1.15 bits per heavy atom. The zero-order valence-electron chi connectivity index (χ0n) is 15.4. The molecule has 4 nitrogen and oxygen atoms in total. The Kier molecular flexibility index (Phi) is 7.09. The number of ether oxygens (including phenoxy) is 1. The highest BCUT2D eigenvalue weighted by molar-refractivity contribution is 7.10. The smallest absolute Gasteiger partial charge is 0.258 e. The Hall–Kier alpha value is -1.85. The molecule has 1 aromatic carbocycles. The van der Waals surface area contributed by atoms with E-state index >= 15 is 0 Å². The van der Waals surface area contributed by atoms with Gasteiger partial charge in [0.05, 0.1) is 6.04 Å². The molecule has 1 aliphatic rings. The van der Waals surface area contributed by atoms with E-state index in [1.807, 2.05) is 31.2 Å². The summed E-state index contributed by atoms with van der Waals surface area (Å²) < 4.78 is 5.59. The Balaban J connectivity index is 1.53. The van der Waals surface area contributed by atoms with Crippen LogP contribution < -0.4 is 10.1 Å². The molecular weight excluding hydrogens is 344 g/mol. The minimum atomic E-state index is -0.0676. The molecule has 5 heteroatoms. The van der Waals surface area contributed by atoms with Gasteiger partial charge in [0, 0.05) is 11.4 Å². The summed E-state index contributed by atoms with van der Waals surface area (Å²) in [6.07, 6.45) is 5.10. The van der Waals surface area contributed by atoms with Gasteiger partial charge in [0.2, 0.25) is 0 Å². The van der Waals surface area contributed by atoms with Crippen LogP contribution in [0.3, 0.4) is 0 Å². The van der Waals surface area contributed by atoms with E-state index in [1.165, 1.54) is 36.1 Å². The molecule has 1 amide bonds. The van der Waals surface area contributed by atoms with Crippen molar-refractivity contribution < 1.29 is 9.53 Å². The third kappa shape index (κ3) is 5.58. The summed E-state index contributed by atoms with van der Waals surface area (Å²) in [6.45, 7) is 4.94. The lowest BCUT2D eigenvalue weighted by Gasteiger charge is -2.30. The van der Waals surface area contributed by atoms with Gasteiger partial charge in [-0.2, -0.15) is 0 Å². The molecule has 0 saturated carbocycles. The number of aryl methyl sites for hydroxylation is 1. The van der Waals surface area contributed by atoms with Gasteiger partial charge in [-0.25, -0.2) is 0 Å². The number of benzene rings is 1. The monoisotopic (exact) mass is 372 g/mol. The summed E-state index contributed by atoms with van der Waals surface area (Å²) in [5.41, 5.74) is 1.18. The first-order valence-electron chi connectivity index (χ1n) is 9.46. The molecule has 1 aromatic heterocycles. The maximum absolute atomic E-state index is 12.3. The SMILES string of the molecule is Cc1ccc(OCC(=O)NCC(c2cccs2)N2CCCCCC2)cc1. The normalized spacial score (nSPS) is 16.7. The summed E-state index contributed by atoms with van der Waals surface area (Å²) >= 11 is 1.77. The number of amides is 1. The molecule has 1 saturated heterocycles. The predicted molar refractivity (Wildman–Crippen MR) is 107 cm³/mol. The Labute approximate surface area is 160 Å². The second kappa shape index (κ2) is 9.74. The zero-order chi connectivity index (χ0) is 18.2. The molecule has 1 unspecified atom stereocenters. The second-order valence-electron chi connectivity index (χ2n) is 6.89. The highest BCUT2D eigenvalue weighted by atomic mass is 32.1.